The van der Waals surface area contributed by atoms with Crippen LogP contribution in [-0.2, 0) is 9.63 Å². The van der Waals surface area contributed by atoms with E-state index in [-0.39, 0.29) is 18.3 Å². The van der Waals surface area contributed by atoms with Crippen LogP contribution in [0, 0.1) is 0 Å². The SMILES string of the molecule is NC(=O)CCCON=C(N)N. The molecule has 6 nitrogen and oxygen atoms in total. The molecule has 0 spiro atoms. The van der Waals surface area contributed by atoms with Gasteiger partial charge in [-0.25, -0.2) is 0 Å². The normalized spacial score (nSPS) is 8.73. The molecule has 6 heteroatoms. The Morgan fingerprint density at radius 3 is 2.45 bits per heavy atom. The Morgan fingerprint density at radius 1 is 1.36 bits per heavy atom. The quantitative estimate of drug-likeness (QED) is 0.195. The van der Waals surface area contributed by atoms with Crippen molar-refractivity contribution in [3.8, 4) is 0 Å². The van der Waals surface area contributed by atoms with E-state index in [1.165, 1.54) is 0 Å². The number of hydrogen-bond acceptors (Lipinski definition) is 3. The van der Waals surface area contributed by atoms with Crippen LogP contribution in [0.15, 0.2) is 5.16 Å². The summed E-state index contributed by atoms with van der Waals surface area (Å²) in [6.45, 7) is 0.292. The number of oxime groups is 1. The average molecular weight is 160 g/mol. The minimum atomic E-state index is -0.363. The largest absolute Gasteiger partial charge is 0.393 e. The molecule has 0 aromatic carbocycles. The number of carbonyl (C=O) groups is 1. The summed E-state index contributed by atoms with van der Waals surface area (Å²) in [5.41, 5.74) is 14.7. The minimum absolute atomic E-state index is 0.135. The van der Waals surface area contributed by atoms with E-state index in [1.54, 1.807) is 0 Å². The lowest BCUT2D eigenvalue weighted by Gasteiger charge is -1.96. The Hall–Kier alpha value is -1.46. The summed E-state index contributed by atoms with van der Waals surface area (Å²) < 4.78 is 0. The first-order chi connectivity index (χ1) is 5.13. The molecule has 0 atom stereocenters. The monoisotopic (exact) mass is 160 g/mol. The van der Waals surface area contributed by atoms with Crippen LogP contribution in [0.2, 0.25) is 0 Å². The molecule has 0 saturated carbocycles. The molecule has 0 heterocycles. The Bertz CT molecular complexity index is 153. The van der Waals surface area contributed by atoms with E-state index in [1.807, 2.05) is 0 Å². The van der Waals surface area contributed by atoms with E-state index in [0.717, 1.165) is 0 Å². The molecule has 0 aromatic heterocycles. The van der Waals surface area contributed by atoms with E-state index in [0.29, 0.717) is 13.0 Å². The van der Waals surface area contributed by atoms with Gasteiger partial charge in [-0.3, -0.25) is 4.79 Å². The Balaban J connectivity index is 3.15. The number of rotatable bonds is 5. The van der Waals surface area contributed by atoms with Gasteiger partial charge in [-0.15, -0.1) is 0 Å². The predicted molar refractivity (Wildman–Crippen MR) is 40.2 cm³/mol. The number of nitrogens with two attached hydrogens (primary N) is 3. The maximum absolute atomic E-state index is 10.2. The summed E-state index contributed by atoms with van der Waals surface area (Å²) in [7, 11) is 0. The highest BCUT2D eigenvalue weighted by Crippen LogP contribution is 1.88. The third-order valence-electron chi connectivity index (χ3n) is 0.829. The smallest absolute Gasteiger partial charge is 0.228 e. The second kappa shape index (κ2) is 5.33. The highest BCUT2D eigenvalue weighted by atomic mass is 16.6. The molecule has 6 N–H and O–H groups in total. The van der Waals surface area contributed by atoms with Crippen LogP contribution < -0.4 is 17.2 Å². The molecule has 0 radical (unpaired) electrons. The first-order valence-electron chi connectivity index (χ1n) is 3.12. The summed E-state index contributed by atoms with van der Waals surface area (Å²) >= 11 is 0. The molecule has 64 valence electrons. The van der Waals surface area contributed by atoms with Gasteiger partial charge in [-0.05, 0) is 11.6 Å². The van der Waals surface area contributed by atoms with Gasteiger partial charge >= 0.3 is 0 Å². The van der Waals surface area contributed by atoms with Crippen molar-refractivity contribution in [2.45, 2.75) is 12.8 Å². The second-order valence-corrected chi connectivity index (χ2v) is 1.92. The molecule has 0 aliphatic heterocycles. The molecule has 0 unspecified atom stereocenters. The van der Waals surface area contributed by atoms with Gasteiger partial charge in [0.2, 0.25) is 11.9 Å². The first kappa shape index (κ1) is 9.54. The topological polar surface area (TPSA) is 117 Å². The van der Waals surface area contributed by atoms with E-state index in [2.05, 4.69) is 9.99 Å². The molecular formula is C5H12N4O2. The number of guanidine groups is 1. The fourth-order valence-corrected chi connectivity index (χ4v) is 0.431. The number of hydrogen-bond donors (Lipinski definition) is 3. The molecule has 0 aromatic rings. The highest BCUT2D eigenvalue weighted by Gasteiger charge is 1.93. The van der Waals surface area contributed by atoms with Crippen molar-refractivity contribution in [3.05, 3.63) is 0 Å². The third kappa shape index (κ3) is 8.54. The van der Waals surface area contributed by atoms with Gasteiger partial charge in [0.1, 0.15) is 6.61 Å². The molecule has 0 saturated heterocycles. The Kier molecular flexibility index (Phi) is 4.63. The number of primary amides is 1. The molecule has 0 aliphatic rings. The van der Waals surface area contributed by atoms with Gasteiger partial charge in [0.25, 0.3) is 0 Å². The van der Waals surface area contributed by atoms with E-state index < -0.39 is 0 Å². The first-order valence-corrected chi connectivity index (χ1v) is 3.12. The summed E-state index contributed by atoms with van der Waals surface area (Å²) in [5.74, 6) is -0.498. The highest BCUT2D eigenvalue weighted by molar-refractivity contribution is 5.75. The van der Waals surface area contributed by atoms with Crippen LogP contribution in [0.1, 0.15) is 12.8 Å². The lowest BCUT2D eigenvalue weighted by molar-refractivity contribution is -0.118. The zero-order valence-electron chi connectivity index (χ0n) is 6.12. The Morgan fingerprint density at radius 2 is 2.00 bits per heavy atom. The van der Waals surface area contributed by atoms with Crippen molar-refractivity contribution < 1.29 is 9.63 Å². The standard InChI is InChI=1S/C5H12N4O2/c6-4(10)2-1-3-11-9-5(7)8/h1-3H2,(H2,6,10)(H4,7,8,9). The van der Waals surface area contributed by atoms with Gasteiger partial charge in [0, 0.05) is 6.42 Å². The van der Waals surface area contributed by atoms with E-state index in [4.69, 9.17) is 17.2 Å². The zero-order valence-corrected chi connectivity index (χ0v) is 6.12. The number of carbonyl (C=O) groups excluding carboxylic acids is 1. The predicted octanol–water partition coefficient (Wildman–Crippen LogP) is -1.54. The van der Waals surface area contributed by atoms with Gasteiger partial charge in [-0.2, -0.15) is 0 Å². The Labute approximate surface area is 64.3 Å². The van der Waals surface area contributed by atoms with Crippen LogP contribution in [0.25, 0.3) is 0 Å². The number of nitrogens with zero attached hydrogens (tertiary/aromatic N) is 1. The van der Waals surface area contributed by atoms with Gasteiger partial charge in [0.15, 0.2) is 0 Å². The molecular weight excluding hydrogens is 148 g/mol. The number of amides is 1. The van der Waals surface area contributed by atoms with Crippen molar-refractivity contribution in [2.75, 3.05) is 6.61 Å². The van der Waals surface area contributed by atoms with Crippen molar-refractivity contribution in [1.82, 2.24) is 0 Å². The van der Waals surface area contributed by atoms with Crippen LogP contribution in [0.5, 0.6) is 0 Å². The van der Waals surface area contributed by atoms with Crippen LogP contribution >= 0.6 is 0 Å². The molecule has 0 rings (SSSR count). The fraction of sp³-hybridized carbons (Fsp3) is 0.600. The fourth-order valence-electron chi connectivity index (χ4n) is 0.431. The molecule has 0 aliphatic carbocycles. The van der Waals surface area contributed by atoms with Crippen LogP contribution in [0.4, 0.5) is 0 Å². The van der Waals surface area contributed by atoms with Gasteiger partial charge in [-0.1, -0.05) is 0 Å². The van der Waals surface area contributed by atoms with Crippen molar-refractivity contribution >= 4 is 11.9 Å². The lowest BCUT2D eigenvalue weighted by atomic mass is 10.3. The van der Waals surface area contributed by atoms with Crippen molar-refractivity contribution in [3.63, 3.8) is 0 Å². The summed E-state index contributed by atoms with van der Waals surface area (Å²) in [4.78, 5) is 14.8. The molecule has 11 heavy (non-hydrogen) atoms. The molecule has 0 bridgehead atoms. The van der Waals surface area contributed by atoms with Crippen molar-refractivity contribution in [2.24, 2.45) is 22.4 Å². The molecule has 1 amide bonds. The maximum Gasteiger partial charge on any atom is 0.228 e. The summed E-state index contributed by atoms with van der Waals surface area (Å²) in [5, 5.41) is 3.24. The zero-order chi connectivity index (χ0) is 8.69. The van der Waals surface area contributed by atoms with Gasteiger partial charge in [0.05, 0.1) is 0 Å². The van der Waals surface area contributed by atoms with Gasteiger partial charge < -0.3 is 22.0 Å². The van der Waals surface area contributed by atoms with E-state index in [9.17, 15) is 4.79 Å². The van der Waals surface area contributed by atoms with Crippen molar-refractivity contribution in [1.29, 1.82) is 0 Å². The van der Waals surface area contributed by atoms with Crippen LogP contribution in [-0.4, -0.2) is 18.5 Å². The average Bonchev–Trinajstić information content (AvgIpc) is 1.85. The van der Waals surface area contributed by atoms with E-state index >= 15 is 0 Å². The lowest BCUT2D eigenvalue weighted by Crippen LogP contribution is -2.23. The minimum Gasteiger partial charge on any atom is -0.393 e. The maximum atomic E-state index is 10.2. The molecule has 0 fully saturated rings. The van der Waals surface area contributed by atoms with Crippen LogP contribution in [0.3, 0.4) is 0 Å². The summed E-state index contributed by atoms with van der Waals surface area (Å²) in [6, 6.07) is 0. The second-order valence-electron chi connectivity index (χ2n) is 1.92. The third-order valence-corrected chi connectivity index (χ3v) is 0.829. The summed E-state index contributed by atoms with van der Waals surface area (Å²) in [6.07, 6.45) is 0.798.